The van der Waals surface area contributed by atoms with E-state index in [2.05, 4.69) is 10.2 Å². The molecule has 1 fully saturated rings. The first-order valence-corrected chi connectivity index (χ1v) is 5.09. The Labute approximate surface area is 82.1 Å². The van der Waals surface area contributed by atoms with Crippen LogP contribution in [-0.4, -0.2) is 14.8 Å². The predicted molar refractivity (Wildman–Crippen MR) is 53.8 cm³/mol. The van der Waals surface area contributed by atoms with Gasteiger partial charge in [-0.15, -0.1) is 5.10 Å². The molecule has 13 heavy (non-hydrogen) atoms. The normalized spacial score (nSPS) is 17.2. The minimum absolute atomic E-state index is 0.504. The molecule has 0 aromatic carbocycles. The molecule has 1 aliphatic rings. The van der Waals surface area contributed by atoms with Crippen LogP contribution in [0.5, 0.6) is 0 Å². The highest BCUT2D eigenvalue weighted by molar-refractivity contribution is 7.71. The number of aromatic nitrogens is 3. The molecule has 5 heteroatoms. The Morgan fingerprint density at radius 2 is 2.38 bits per heavy atom. The number of nitrogens with one attached hydrogen (secondary N) is 1. The Balaban J connectivity index is 1.96. The first-order chi connectivity index (χ1) is 6.27. The molecule has 1 heterocycles. The zero-order valence-electron chi connectivity index (χ0n) is 7.49. The number of H-pyrrole nitrogens is 1. The third-order valence-corrected chi connectivity index (χ3v) is 3.09. The molecular weight excluding hydrogens is 184 g/mol. The summed E-state index contributed by atoms with van der Waals surface area (Å²) in [6.07, 6.45) is 5.30. The van der Waals surface area contributed by atoms with E-state index in [0.717, 1.165) is 12.5 Å². The van der Waals surface area contributed by atoms with Crippen molar-refractivity contribution in [3.63, 3.8) is 0 Å². The van der Waals surface area contributed by atoms with Gasteiger partial charge < -0.3 is 5.73 Å². The summed E-state index contributed by atoms with van der Waals surface area (Å²) in [6, 6.07) is 0. The highest BCUT2D eigenvalue weighted by atomic mass is 32.1. The first-order valence-electron chi connectivity index (χ1n) is 4.68. The van der Waals surface area contributed by atoms with Gasteiger partial charge >= 0.3 is 0 Å². The van der Waals surface area contributed by atoms with Gasteiger partial charge in [0, 0.05) is 6.54 Å². The SMILES string of the molecule is Nc1n[nH]c(=S)n1CCC1CCC1. The van der Waals surface area contributed by atoms with E-state index >= 15 is 0 Å². The van der Waals surface area contributed by atoms with Crippen molar-refractivity contribution in [1.82, 2.24) is 14.8 Å². The van der Waals surface area contributed by atoms with Gasteiger partial charge in [-0.1, -0.05) is 19.3 Å². The molecule has 0 aliphatic heterocycles. The minimum atomic E-state index is 0.504. The maximum Gasteiger partial charge on any atom is 0.220 e. The van der Waals surface area contributed by atoms with Gasteiger partial charge in [-0.2, -0.15) is 0 Å². The van der Waals surface area contributed by atoms with E-state index in [0.29, 0.717) is 10.7 Å². The third kappa shape index (κ3) is 1.75. The number of nitrogens with zero attached hydrogens (tertiary/aromatic N) is 2. The lowest BCUT2D eigenvalue weighted by Crippen LogP contribution is -2.14. The number of anilines is 1. The van der Waals surface area contributed by atoms with Crippen LogP contribution in [0.3, 0.4) is 0 Å². The molecule has 0 bridgehead atoms. The zero-order valence-corrected chi connectivity index (χ0v) is 8.31. The van der Waals surface area contributed by atoms with Crippen LogP contribution in [-0.2, 0) is 6.54 Å². The number of hydrogen-bond acceptors (Lipinski definition) is 3. The van der Waals surface area contributed by atoms with E-state index < -0.39 is 0 Å². The summed E-state index contributed by atoms with van der Waals surface area (Å²) in [4.78, 5) is 0. The fraction of sp³-hybridized carbons (Fsp3) is 0.750. The monoisotopic (exact) mass is 198 g/mol. The Kier molecular flexibility index (Phi) is 2.35. The lowest BCUT2D eigenvalue weighted by molar-refractivity contribution is 0.282. The van der Waals surface area contributed by atoms with Gasteiger partial charge in [-0.3, -0.25) is 4.57 Å². The van der Waals surface area contributed by atoms with E-state index in [4.69, 9.17) is 18.0 Å². The molecule has 0 atom stereocenters. The number of hydrogen-bond donors (Lipinski definition) is 2. The van der Waals surface area contributed by atoms with Crippen LogP contribution in [0.15, 0.2) is 0 Å². The molecule has 1 aliphatic carbocycles. The molecule has 1 aromatic rings. The van der Waals surface area contributed by atoms with Crippen molar-refractivity contribution >= 4 is 18.2 Å². The fourth-order valence-corrected chi connectivity index (χ4v) is 1.87. The second-order valence-electron chi connectivity index (χ2n) is 3.62. The summed E-state index contributed by atoms with van der Waals surface area (Å²) in [7, 11) is 0. The maximum absolute atomic E-state index is 5.64. The summed E-state index contributed by atoms with van der Waals surface area (Å²) < 4.78 is 2.50. The molecule has 0 radical (unpaired) electrons. The molecule has 0 unspecified atom stereocenters. The molecular formula is C8H14N4S. The van der Waals surface area contributed by atoms with Crippen molar-refractivity contribution in [1.29, 1.82) is 0 Å². The molecule has 1 aromatic heterocycles. The van der Waals surface area contributed by atoms with Crippen molar-refractivity contribution in [2.45, 2.75) is 32.2 Å². The summed E-state index contributed by atoms with van der Waals surface area (Å²) in [5.41, 5.74) is 5.64. The van der Waals surface area contributed by atoms with Crippen molar-refractivity contribution in [3.05, 3.63) is 4.77 Å². The summed E-state index contributed by atoms with van der Waals surface area (Å²) in [5, 5.41) is 6.55. The Morgan fingerprint density at radius 3 is 2.85 bits per heavy atom. The van der Waals surface area contributed by atoms with E-state index in [1.165, 1.54) is 25.7 Å². The van der Waals surface area contributed by atoms with Gasteiger partial charge in [0.1, 0.15) is 0 Å². The van der Waals surface area contributed by atoms with Crippen molar-refractivity contribution in [2.24, 2.45) is 5.92 Å². The number of nitrogen functional groups attached to an aromatic ring is 1. The molecule has 2 rings (SSSR count). The van der Waals surface area contributed by atoms with Crippen LogP contribution in [0.25, 0.3) is 0 Å². The van der Waals surface area contributed by atoms with Gasteiger partial charge in [0.15, 0.2) is 4.77 Å². The molecule has 0 spiro atoms. The maximum atomic E-state index is 5.64. The van der Waals surface area contributed by atoms with Gasteiger partial charge in [0.2, 0.25) is 5.95 Å². The second-order valence-corrected chi connectivity index (χ2v) is 4.01. The van der Waals surface area contributed by atoms with Crippen LogP contribution >= 0.6 is 12.2 Å². The van der Waals surface area contributed by atoms with E-state index in [1.807, 2.05) is 4.57 Å². The summed E-state index contributed by atoms with van der Waals surface area (Å²) in [6.45, 7) is 0.909. The molecule has 4 nitrogen and oxygen atoms in total. The van der Waals surface area contributed by atoms with Crippen LogP contribution in [0, 0.1) is 10.7 Å². The second kappa shape index (κ2) is 3.49. The van der Waals surface area contributed by atoms with E-state index in [9.17, 15) is 0 Å². The average molecular weight is 198 g/mol. The van der Waals surface area contributed by atoms with Gasteiger partial charge in [-0.25, -0.2) is 5.10 Å². The van der Waals surface area contributed by atoms with E-state index in [1.54, 1.807) is 0 Å². The number of rotatable bonds is 3. The molecule has 72 valence electrons. The van der Waals surface area contributed by atoms with Crippen LogP contribution in [0.2, 0.25) is 0 Å². The molecule has 3 N–H and O–H groups in total. The number of aromatic amines is 1. The predicted octanol–water partition coefficient (Wildman–Crippen LogP) is 1.71. The highest BCUT2D eigenvalue weighted by Gasteiger charge is 2.17. The lowest BCUT2D eigenvalue weighted by Gasteiger charge is -2.25. The van der Waals surface area contributed by atoms with Crippen molar-refractivity contribution in [2.75, 3.05) is 5.73 Å². The van der Waals surface area contributed by atoms with Gasteiger partial charge in [0.05, 0.1) is 0 Å². The lowest BCUT2D eigenvalue weighted by atomic mass is 9.83. The van der Waals surface area contributed by atoms with E-state index in [-0.39, 0.29) is 0 Å². The standard InChI is InChI=1S/C8H14N4S/c9-7-10-11-8(13)12(7)5-4-6-2-1-3-6/h6H,1-5H2,(H2,9,10)(H,11,13). The fourth-order valence-electron chi connectivity index (χ4n) is 1.64. The summed E-state index contributed by atoms with van der Waals surface area (Å²) >= 11 is 5.04. The Bertz CT molecular complexity index is 336. The van der Waals surface area contributed by atoms with Crippen LogP contribution in [0.4, 0.5) is 5.95 Å². The van der Waals surface area contributed by atoms with Crippen molar-refractivity contribution in [3.8, 4) is 0 Å². The van der Waals surface area contributed by atoms with Gasteiger partial charge in [-0.05, 0) is 24.6 Å². The Morgan fingerprint density at radius 1 is 1.62 bits per heavy atom. The molecule has 1 saturated carbocycles. The average Bonchev–Trinajstić information content (AvgIpc) is 2.32. The zero-order chi connectivity index (χ0) is 9.26. The van der Waals surface area contributed by atoms with Crippen LogP contribution < -0.4 is 5.73 Å². The quantitative estimate of drug-likeness (QED) is 0.727. The smallest absolute Gasteiger partial charge is 0.220 e. The minimum Gasteiger partial charge on any atom is -0.368 e. The topological polar surface area (TPSA) is 59.6 Å². The Hall–Kier alpha value is -0.840. The van der Waals surface area contributed by atoms with Crippen molar-refractivity contribution < 1.29 is 0 Å². The number of nitrogens with two attached hydrogens (primary N) is 1. The largest absolute Gasteiger partial charge is 0.368 e. The van der Waals surface area contributed by atoms with Gasteiger partial charge in [0.25, 0.3) is 0 Å². The molecule has 0 saturated heterocycles. The molecule has 0 amide bonds. The third-order valence-electron chi connectivity index (χ3n) is 2.77. The highest BCUT2D eigenvalue weighted by Crippen LogP contribution is 2.29. The first kappa shape index (κ1) is 8.74. The summed E-state index contributed by atoms with van der Waals surface area (Å²) in [5.74, 6) is 1.39. The van der Waals surface area contributed by atoms with Crippen LogP contribution in [0.1, 0.15) is 25.7 Å².